The molecule has 0 N–H and O–H groups in total. The van der Waals surface area contributed by atoms with Crippen LogP contribution in [0.15, 0.2) is 106 Å². The highest BCUT2D eigenvalue weighted by Crippen LogP contribution is 2.62. The Bertz CT molecular complexity index is 2250. The summed E-state index contributed by atoms with van der Waals surface area (Å²) in [4.78, 5) is 24.0. The lowest BCUT2D eigenvalue weighted by Crippen LogP contribution is -2.38. The smallest absolute Gasteiger partial charge is 0.305 e. The van der Waals surface area contributed by atoms with Gasteiger partial charge in [-0.3, -0.25) is 4.79 Å². The van der Waals surface area contributed by atoms with Gasteiger partial charge in [-0.05, 0) is 97.0 Å². The van der Waals surface area contributed by atoms with Crippen molar-refractivity contribution in [1.82, 2.24) is 9.97 Å². The van der Waals surface area contributed by atoms with Crippen molar-refractivity contribution in [2.24, 2.45) is 0 Å². The van der Waals surface area contributed by atoms with Crippen LogP contribution in [0.4, 0.5) is 0 Å². The van der Waals surface area contributed by atoms with Crippen LogP contribution in [0.3, 0.4) is 0 Å². The van der Waals surface area contributed by atoms with E-state index < -0.39 is 5.41 Å². The van der Waals surface area contributed by atoms with E-state index >= 15 is 0 Å². The number of esters is 1. The molecule has 0 bridgehead atoms. The van der Waals surface area contributed by atoms with Gasteiger partial charge in [-0.15, -0.1) is 0 Å². The fraction of sp³-hybridized carbons (Fsp3) is 0.262. The maximum atomic E-state index is 13.3. The number of carbonyl (C=O) groups is 1. The standard InChI is InChI=1S/C42H36Br2N2O2/c1-3-5-19-41(32-23-28(43)14-16-30(32)39-34(41)21-26-10-6-8-12-36(26)45-39)25-42(20-18-38(47)48-4-2)33-24-29(44)15-17-31(33)40-35(42)22-27-11-7-9-13-37(27)46-40/h6-17,21-24H,3-5,18-20,25H2,1-2H3. The second-order valence-corrected chi connectivity index (χ2v) is 15.1. The number of halogens is 2. The Morgan fingerprint density at radius 2 is 1.19 bits per heavy atom. The predicted octanol–water partition coefficient (Wildman–Crippen LogP) is 11.5. The number of para-hydroxylation sites is 2. The van der Waals surface area contributed by atoms with E-state index in [4.69, 9.17) is 14.7 Å². The van der Waals surface area contributed by atoms with E-state index in [0.717, 1.165) is 73.4 Å². The molecule has 0 fully saturated rings. The molecule has 2 aromatic heterocycles. The van der Waals surface area contributed by atoms with Crippen LogP contribution in [0.1, 0.15) is 74.6 Å². The Hall–Kier alpha value is -3.87. The predicted molar refractivity (Wildman–Crippen MR) is 201 cm³/mol. The third-order valence-electron chi connectivity index (χ3n) is 10.6. The minimum Gasteiger partial charge on any atom is -0.466 e. The van der Waals surface area contributed by atoms with E-state index in [1.165, 1.54) is 27.8 Å². The summed E-state index contributed by atoms with van der Waals surface area (Å²) >= 11 is 7.70. The summed E-state index contributed by atoms with van der Waals surface area (Å²) in [6, 6.07) is 34.9. The van der Waals surface area contributed by atoms with Gasteiger partial charge in [0.25, 0.3) is 0 Å². The monoisotopic (exact) mass is 758 g/mol. The number of ether oxygens (including phenoxy) is 1. The minimum absolute atomic E-state index is 0.166. The molecule has 0 amide bonds. The maximum absolute atomic E-state index is 13.3. The van der Waals surface area contributed by atoms with Gasteiger partial charge < -0.3 is 4.74 Å². The van der Waals surface area contributed by atoms with E-state index in [0.29, 0.717) is 19.4 Å². The van der Waals surface area contributed by atoms with Crippen molar-refractivity contribution in [3.63, 3.8) is 0 Å². The molecular formula is C42H36Br2N2O2. The normalized spacial score (nSPS) is 18.8. The van der Waals surface area contributed by atoms with Crippen molar-refractivity contribution in [2.45, 2.75) is 63.2 Å². The van der Waals surface area contributed by atoms with Crippen molar-refractivity contribution < 1.29 is 9.53 Å². The van der Waals surface area contributed by atoms with E-state index in [2.05, 4.69) is 136 Å². The summed E-state index contributed by atoms with van der Waals surface area (Å²) in [6.45, 7) is 4.51. The molecule has 48 heavy (non-hydrogen) atoms. The van der Waals surface area contributed by atoms with Crippen LogP contribution in [0, 0.1) is 0 Å². The molecule has 2 aliphatic rings. The molecule has 240 valence electrons. The SMILES string of the molecule is CCCCC1(CC2(CCC(=O)OCC)c3cc(Br)ccc3-c3nc4ccccc4cc32)c2cc(Br)ccc2-c2nc3ccccc3cc21. The zero-order chi connectivity index (χ0) is 33.0. The topological polar surface area (TPSA) is 52.1 Å². The molecule has 0 saturated carbocycles. The fourth-order valence-corrected chi connectivity index (χ4v) is 9.26. The molecule has 4 aromatic carbocycles. The molecule has 2 atom stereocenters. The van der Waals surface area contributed by atoms with Gasteiger partial charge in [-0.2, -0.15) is 0 Å². The fourth-order valence-electron chi connectivity index (χ4n) is 8.54. The molecule has 0 radical (unpaired) electrons. The number of benzene rings is 4. The molecule has 0 saturated heterocycles. The quantitative estimate of drug-likeness (QED) is 0.138. The first-order valence-corrected chi connectivity index (χ1v) is 18.5. The zero-order valence-electron chi connectivity index (χ0n) is 27.2. The van der Waals surface area contributed by atoms with Crippen molar-refractivity contribution >= 4 is 59.6 Å². The summed E-state index contributed by atoms with van der Waals surface area (Å²) < 4.78 is 7.65. The average molecular weight is 761 g/mol. The Kier molecular flexibility index (Phi) is 8.00. The van der Waals surface area contributed by atoms with Gasteiger partial charge in [0.05, 0.1) is 29.0 Å². The van der Waals surface area contributed by atoms with Gasteiger partial charge in [-0.25, -0.2) is 9.97 Å². The van der Waals surface area contributed by atoms with Gasteiger partial charge in [0.15, 0.2) is 0 Å². The molecule has 2 unspecified atom stereocenters. The highest BCUT2D eigenvalue weighted by Gasteiger charge is 2.54. The van der Waals surface area contributed by atoms with Crippen LogP contribution in [-0.2, 0) is 20.4 Å². The van der Waals surface area contributed by atoms with Crippen LogP contribution in [0.2, 0.25) is 0 Å². The summed E-state index contributed by atoms with van der Waals surface area (Å²) in [5.74, 6) is -0.166. The summed E-state index contributed by atoms with van der Waals surface area (Å²) in [6.07, 6.45) is 4.77. The van der Waals surface area contributed by atoms with Crippen molar-refractivity contribution in [2.75, 3.05) is 6.61 Å². The number of pyridine rings is 2. The first kappa shape index (κ1) is 31.4. The number of hydrogen-bond acceptors (Lipinski definition) is 4. The molecule has 6 aromatic rings. The highest BCUT2D eigenvalue weighted by molar-refractivity contribution is 9.10. The van der Waals surface area contributed by atoms with Crippen LogP contribution in [-0.4, -0.2) is 22.5 Å². The van der Waals surface area contributed by atoms with Crippen molar-refractivity contribution in [3.8, 4) is 22.5 Å². The Labute approximate surface area is 298 Å². The number of rotatable bonds is 9. The van der Waals surface area contributed by atoms with Gasteiger partial charge in [0, 0.05) is 48.1 Å². The molecule has 2 aliphatic carbocycles. The molecule has 0 spiro atoms. The molecule has 6 heteroatoms. The van der Waals surface area contributed by atoms with Gasteiger partial charge >= 0.3 is 5.97 Å². The summed E-state index contributed by atoms with van der Waals surface area (Å²) in [5.41, 5.74) is 10.5. The Morgan fingerprint density at radius 1 is 0.667 bits per heavy atom. The van der Waals surface area contributed by atoms with E-state index in [1.807, 2.05) is 6.92 Å². The molecule has 2 heterocycles. The lowest BCUT2D eigenvalue weighted by molar-refractivity contribution is -0.143. The number of nitrogens with zero attached hydrogens (tertiary/aromatic N) is 2. The van der Waals surface area contributed by atoms with Gasteiger partial charge in [-0.1, -0.05) is 100 Å². The largest absolute Gasteiger partial charge is 0.466 e. The lowest BCUT2D eigenvalue weighted by atomic mass is 9.59. The second kappa shape index (κ2) is 12.2. The lowest BCUT2D eigenvalue weighted by Gasteiger charge is -2.43. The van der Waals surface area contributed by atoms with Crippen LogP contribution < -0.4 is 0 Å². The van der Waals surface area contributed by atoms with Crippen LogP contribution >= 0.6 is 31.9 Å². The van der Waals surface area contributed by atoms with Crippen molar-refractivity contribution in [1.29, 1.82) is 0 Å². The number of fused-ring (bicyclic) bond motifs is 8. The summed E-state index contributed by atoms with van der Waals surface area (Å²) in [5, 5.41) is 2.25. The number of aromatic nitrogens is 2. The third kappa shape index (κ3) is 4.94. The average Bonchev–Trinajstić information content (AvgIpc) is 3.49. The zero-order valence-corrected chi connectivity index (χ0v) is 30.3. The molecule has 0 aliphatic heterocycles. The van der Waals surface area contributed by atoms with Crippen molar-refractivity contribution in [3.05, 3.63) is 128 Å². The van der Waals surface area contributed by atoms with Gasteiger partial charge in [0.2, 0.25) is 0 Å². The number of unbranched alkanes of at least 4 members (excludes halogenated alkanes) is 1. The highest BCUT2D eigenvalue weighted by atomic mass is 79.9. The maximum Gasteiger partial charge on any atom is 0.305 e. The van der Waals surface area contributed by atoms with E-state index in [1.54, 1.807) is 0 Å². The van der Waals surface area contributed by atoms with Gasteiger partial charge in [0.1, 0.15) is 0 Å². The van der Waals surface area contributed by atoms with Crippen LogP contribution in [0.5, 0.6) is 0 Å². The third-order valence-corrected chi connectivity index (χ3v) is 11.6. The van der Waals surface area contributed by atoms with E-state index in [9.17, 15) is 4.79 Å². The van der Waals surface area contributed by atoms with Crippen LogP contribution in [0.25, 0.3) is 44.3 Å². The molecule has 4 nitrogen and oxygen atoms in total. The molecular weight excluding hydrogens is 724 g/mol. The minimum atomic E-state index is -0.529. The first-order valence-electron chi connectivity index (χ1n) is 16.9. The Morgan fingerprint density at radius 3 is 1.71 bits per heavy atom. The number of hydrogen-bond donors (Lipinski definition) is 0. The number of carbonyl (C=O) groups excluding carboxylic acids is 1. The first-order chi connectivity index (χ1) is 23.4. The second-order valence-electron chi connectivity index (χ2n) is 13.3. The van der Waals surface area contributed by atoms with E-state index in [-0.39, 0.29) is 11.4 Å². The molecule has 8 rings (SSSR count). The Balaban J connectivity index is 1.45. The summed E-state index contributed by atoms with van der Waals surface area (Å²) in [7, 11) is 0.